The van der Waals surface area contributed by atoms with Crippen molar-refractivity contribution < 1.29 is 28.1 Å². The standard InChI is InChI=1S/C50H62BrN10O7P/c1-6-31-28-38(56-49-54-30-36(51)46(58-49)55-37-16-15-35-34(45(37)69(4,5)66)13-9-10-25-59(7-2)48(35)64)42(67-8-3)29-41(31)60-26-20-33(21-27-60)53-24-23-52-22-19-32-12-11-14-39-44(32)68-50(65)61(39)40-17-18-43(62)57-47(40)63/h9,11-16,28-30,33,40,52-53H,6-8,10,17-27H2,1-5H3,(H,57,62,63)(H2,54,55,56,58)/b13-9-. The fourth-order valence-corrected chi connectivity index (χ4v) is 11.3. The molecule has 0 spiro atoms. The van der Waals surface area contributed by atoms with Crippen LogP contribution in [-0.2, 0) is 27.0 Å². The van der Waals surface area contributed by atoms with E-state index in [9.17, 15) is 23.7 Å². The zero-order valence-electron chi connectivity index (χ0n) is 40.0. The Kier molecular flexibility index (Phi) is 15.7. The Morgan fingerprint density at radius 1 is 0.942 bits per heavy atom. The van der Waals surface area contributed by atoms with Crippen molar-refractivity contribution in [2.45, 2.75) is 77.8 Å². The predicted octanol–water partition coefficient (Wildman–Crippen LogP) is 7.09. The molecule has 5 N–H and O–H groups in total. The third kappa shape index (κ3) is 11.1. The average Bonchev–Trinajstić information content (AvgIpc) is 3.66. The van der Waals surface area contributed by atoms with Crippen molar-refractivity contribution in [3.63, 3.8) is 0 Å². The maximum Gasteiger partial charge on any atom is 0.420 e. The maximum atomic E-state index is 14.0. The summed E-state index contributed by atoms with van der Waals surface area (Å²) in [4.78, 5) is 64.3. The summed E-state index contributed by atoms with van der Waals surface area (Å²) in [5.74, 6) is 0.0372. The van der Waals surface area contributed by atoms with E-state index in [0.717, 1.165) is 62.4 Å². The molecule has 8 rings (SSSR count). The smallest absolute Gasteiger partial charge is 0.420 e. The minimum Gasteiger partial charge on any atom is -0.492 e. The van der Waals surface area contributed by atoms with Crippen LogP contribution in [0.5, 0.6) is 5.75 Å². The molecule has 3 aromatic carbocycles. The van der Waals surface area contributed by atoms with Crippen molar-refractivity contribution in [3.8, 4) is 5.75 Å². The number of benzene rings is 3. The van der Waals surface area contributed by atoms with Gasteiger partial charge in [-0.15, -0.1) is 0 Å². The Morgan fingerprint density at radius 3 is 2.49 bits per heavy atom. The van der Waals surface area contributed by atoms with Gasteiger partial charge in [0, 0.05) is 80.5 Å². The number of carbonyl (C=O) groups excluding carboxylic acids is 3. The number of piperidine rings is 2. The van der Waals surface area contributed by atoms with E-state index in [1.54, 1.807) is 31.7 Å². The summed E-state index contributed by atoms with van der Waals surface area (Å²) in [7, 11) is -2.91. The number of ether oxygens (including phenoxy) is 1. The summed E-state index contributed by atoms with van der Waals surface area (Å²) in [5, 5.41) is 17.0. The van der Waals surface area contributed by atoms with Gasteiger partial charge in [-0.3, -0.25) is 24.3 Å². The highest BCUT2D eigenvalue weighted by atomic mass is 79.9. The molecular formula is C50H62BrN10O7P. The highest BCUT2D eigenvalue weighted by Gasteiger charge is 2.32. The van der Waals surface area contributed by atoms with E-state index in [1.165, 1.54) is 10.1 Å². The lowest BCUT2D eigenvalue weighted by Crippen LogP contribution is -2.44. The van der Waals surface area contributed by atoms with Gasteiger partial charge in [0.05, 0.1) is 28.0 Å². The Labute approximate surface area is 410 Å². The molecule has 2 saturated heterocycles. The molecule has 5 heterocycles. The van der Waals surface area contributed by atoms with Crippen molar-refractivity contribution in [1.82, 2.24) is 35.4 Å². The predicted molar refractivity (Wildman–Crippen MR) is 276 cm³/mol. The Hall–Kier alpha value is -5.81. The van der Waals surface area contributed by atoms with Crippen LogP contribution < -0.4 is 47.3 Å². The number of nitrogens with zero attached hydrogens (tertiary/aromatic N) is 5. The number of amides is 3. The number of nitrogens with one attached hydrogen (secondary N) is 5. The third-order valence-corrected chi connectivity index (χ3v) is 15.1. The fraction of sp³-hybridized carbons (Fsp3) is 0.440. The molecule has 1 atom stereocenters. The second-order valence-corrected chi connectivity index (χ2v) is 21.9. The molecule has 17 nitrogen and oxygen atoms in total. The summed E-state index contributed by atoms with van der Waals surface area (Å²) in [6.45, 7) is 15.3. The molecule has 0 radical (unpaired) electrons. The lowest BCUT2D eigenvalue weighted by molar-refractivity contribution is -0.135. The number of rotatable bonds is 18. The normalized spacial score (nSPS) is 17.4. The molecule has 0 bridgehead atoms. The number of carbonyl (C=O) groups is 3. The van der Waals surface area contributed by atoms with Gasteiger partial charge in [0.15, 0.2) is 5.58 Å². The second-order valence-electron chi connectivity index (χ2n) is 17.9. The fourth-order valence-electron chi connectivity index (χ4n) is 9.55. The molecule has 19 heteroatoms. The van der Waals surface area contributed by atoms with Gasteiger partial charge in [-0.05, 0) is 129 Å². The summed E-state index contributed by atoms with van der Waals surface area (Å²) in [6.07, 6.45) is 10.2. The second kappa shape index (κ2) is 21.9. The molecular weight excluding hydrogens is 963 g/mol. The zero-order chi connectivity index (χ0) is 48.8. The van der Waals surface area contributed by atoms with Gasteiger partial charge in [0.1, 0.15) is 24.8 Å². The van der Waals surface area contributed by atoms with E-state index in [4.69, 9.17) is 14.1 Å². The monoisotopic (exact) mass is 1020 g/mol. The highest BCUT2D eigenvalue weighted by Crippen LogP contribution is 2.43. The van der Waals surface area contributed by atoms with Crippen LogP contribution in [0.1, 0.15) is 86.0 Å². The maximum absolute atomic E-state index is 14.0. The number of para-hydroxylation sites is 1. The molecule has 0 aliphatic carbocycles. The van der Waals surface area contributed by atoms with Gasteiger partial charge in [-0.2, -0.15) is 4.98 Å². The van der Waals surface area contributed by atoms with Gasteiger partial charge >= 0.3 is 5.76 Å². The molecule has 3 aliphatic rings. The topological polar surface area (TPSA) is 205 Å². The number of oxazole rings is 1. The molecule has 5 aromatic rings. The van der Waals surface area contributed by atoms with Crippen molar-refractivity contribution in [2.75, 3.05) is 81.3 Å². The van der Waals surface area contributed by atoms with Crippen LogP contribution in [0, 0.1) is 0 Å². The van der Waals surface area contributed by atoms with Crippen molar-refractivity contribution in [2.24, 2.45) is 0 Å². The van der Waals surface area contributed by atoms with Crippen LogP contribution in [0.15, 0.2) is 68.4 Å². The summed E-state index contributed by atoms with van der Waals surface area (Å²) in [5.41, 5.74) is 6.80. The summed E-state index contributed by atoms with van der Waals surface area (Å²) in [6, 6.07) is 13.0. The molecule has 0 saturated carbocycles. The number of hydrogen-bond donors (Lipinski definition) is 5. The number of fused-ring (bicyclic) bond motifs is 2. The van der Waals surface area contributed by atoms with E-state index in [2.05, 4.69) is 71.5 Å². The van der Waals surface area contributed by atoms with E-state index in [-0.39, 0.29) is 24.7 Å². The van der Waals surface area contributed by atoms with Gasteiger partial charge in [0.25, 0.3) is 5.91 Å². The van der Waals surface area contributed by atoms with Gasteiger partial charge in [-0.1, -0.05) is 31.2 Å². The zero-order valence-corrected chi connectivity index (χ0v) is 42.4. The van der Waals surface area contributed by atoms with Crippen LogP contribution in [0.4, 0.5) is 28.8 Å². The van der Waals surface area contributed by atoms with E-state index < -0.39 is 24.8 Å². The number of hydrogen-bond acceptors (Lipinski definition) is 14. The molecule has 366 valence electrons. The molecule has 69 heavy (non-hydrogen) atoms. The number of imide groups is 1. The summed E-state index contributed by atoms with van der Waals surface area (Å²) < 4.78 is 27.8. The van der Waals surface area contributed by atoms with Gasteiger partial charge < -0.3 is 44.8 Å². The Bertz CT molecular complexity index is 2870. The highest BCUT2D eigenvalue weighted by molar-refractivity contribution is 9.10. The minimum absolute atomic E-state index is 0.0690. The lowest BCUT2D eigenvalue weighted by atomic mass is 10.0. The van der Waals surface area contributed by atoms with Crippen molar-refractivity contribution >= 4 is 92.1 Å². The largest absolute Gasteiger partial charge is 0.492 e. The van der Waals surface area contributed by atoms with Crippen LogP contribution in [-0.4, -0.2) is 109 Å². The first-order chi connectivity index (χ1) is 33.3. The first kappa shape index (κ1) is 49.6. The van der Waals surface area contributed by atoms with Crippen LogP contribution in [0.25, 0.3) is 17.2 Å². The van der Waals surface area contributed by atoms with E-state index in [1.807, 2.05) is 49.1 Å². The quantitative estimate of drug-likeness (QED) is 0.0338. The lowest BCUT2D eigenvalue weighted by Gasteiger charge is -2.35. The Morgan fingerprint density at radius 2 is 1.75 bits per heavy atom. The van der Waals surface area contributed by atoms with Gasteiger partial charge in [-0.25, -0.2) is 9.78 Å². The van der Waals surface area contributed by atoms with Crippen molar-refractivity contribution in [1.29, 1.82) is 0 Å². The van der Waals surface area contributed by atoms with Gasteiger partial charge in [0.2, 0.25) is 17.8 Å². The number of anilines is 5. The summed E-state index contributed by atoms with van der Waals surface area (Å²) >= 11 is 3.62. The number of halogens is 1. The molecule has 2 fully saturated rings. The third-order valence-electron chi connectivity index (χ3n) is 13.0. The van der Waals surface area contributed by atoms with E-state index >= 15 is 0 Å². The van der Waals surface area contributed by atoms with Crippen molar-refractivity contribution in [3.05, 3.63) is 92.0 Å². The van der Waals surface area contributed by atoms with Crippen LogP contribution in [0.2, 0.25) is 0 Å². The Balaban J connectivity index is 0.876. The molecule has 2 aromatic heterocycles. The minimum atomic E-state index is -2.91. The molecule has 1 unspecified atom stereocenters. The molecule has 3 amide bonds. The number of aryl methyl sites for hydroxylation is 1. The number of aromatic nitrogens is 3. The van der Waals surface area contributed by atoms with E-state index in [0.29, 0.717) is 100 Å². The van der Waals surface area contributed by atoms with Crippen LogP contribution >= 0.6 is 23.1 Å². The SMILES string of the molecule is CCOc1cc(N2CCC(NCCNCCc3cccc4c3oc(=O)n4C3CCC(=O)NC3=O)CC2)c(CC)cc1Nc1ncc(Br)c(Nc2ccc3c(c2P(C)(C)=O)/C=C\CCN(CC)C3=O)n1. The average molecular weight is 1030 g/mol. The first-order valence-electron chi connectivity index (χ1n) is 24.0. The van der Waals surface area contributed by atoms with Crippen LogP contribution in [0.3, 0.4) is 0 Å². The first-order valence-corrected chi connectivity index (χ1v) is 27.4. The molecule has 3 aliphatic heterocycles.